The molecular weight excluding hydrogens is 418 g/mol. The number of benzene rings is 2. The Morgan fingerprint density at radius 2 is 1.77 bits per heavy atom. The Labute approximate surface area is 184 Å². The molecule has 2 atom stereocenters. The highest BCUT2D eigenvalue weighted by molar-refractivity contribution is 7.15. The summed E-state index contributed by atoms with van der Waals surface area (Å²) in [7, 11) is 0. The van der Waals surface area contributed by atoms with Gasteiger partial charge in [-0.2, -0.15) is 0 Å². The van der Waals surface area contributed by atoms with E-state index in [-0.39, 0.29) is 10.6 Å². The smallest absolute Gasteiger partial charge is 0.249 e. The number of rotatable bonds is 6. The second kappa shape index (κ2) is 8.48. The van der Waals surface area contributed by atoms with Crippen molar-refractivity contribution in [3.63, 3.8) is 0 Å². The van der Waals surface area contributed by atoms with Gasteiger partial charge in [0, 0.05) is 22.8 Å². The van der Waals surface area contributed by atoms with Crippen LogP contribution in [0.2, 0.25) is 0 Å². The van der Waals surface area contributed by atoms with E-state index in [0.29, 0.717) is 12.1 Å². The average Bonchev–Trinajstić information content (AvgIpc) is 3.05. The number of amides is 1. The maximum Gasteiger partial charge on any atom is 0.249 e. The number of nitrogens with zero attached hydrogens (tertiary/aromatic N) is 1. The summed E-state index contributed by atoms with van der Waals surface area (Å²) in [5.41, 5.74) is 4.54. The zero-order valence-corrected chi connectivity index (χ0v) is 18.8. The molecule has 7 heteroatoms. The van der Waals surface area contributed by atoms with Crippen molar-refractivity contribution in [1.82, 2.24) is 4.98 Å². The molecule has 4 nitrogen and oxygen atoms in total. The van der Waals surface area contributed by atoms with Gasteiger partial charge < -0.3 is 10.8 Å². The summed E-state index contributed by atoms with van der Waals surface area (Å²) in [6.45, 7) is 7.01. The molecule has 0 aliphatic carbocycles. The van der Waals surface area contributed by atoms with E-state index in [2.05, 4.69) is 4.98 Å². The van der Waals surface area contributed by atoms with Gasteiger partial charge in [-0.25, -0.2) is 13.8 Å². The van der Waals surface area contributed by atoms with Crippen LogP contribution in [-0.2, 0) is 11.2 Å². The van der Waals surface area contributed by atoms with Crippen LogP contribution in [0.25, 0.3) is 10.6 Å². The van der Waals surface area contributed by atoms with Crippen LogP contribution in [0.3, 0.4) is 0 Å². The summed E-state index contributed by atoms with van der Waals surface area (Å²) < 4.78 is 28.3. The summed E-state index contributed by atoms with van der Waals surface area (Å²) >= 11 is 1.22. The van der Waals surface area contributed by atoms with E-state index in [1.807, 2.05) is 51.1 Å². The average molecular weight is 445 g/mol. The fourth-order valence-corrected chi connectivity index (χ4v) is 5.09. The summed E-state index contributed by atoms with van der Waals surface area (Å²) in [6.07, 6.45) is 0.464. The van der Waals surface area contributed by atoms with Crippen molar-refractivity contribution < 1.29 is 18.7 Å². The molecule has 31 heavy (non-hydrogen) atoms. The summed E-state index contributed by atoms with van der Waals surface area (Å²) in [5, 5.41) is 11.4. The highest BCUT2D eigenvalue weighted by Gasteiger charge is 2.47. The highest BCUT2D eigenvalue weighted by Crippen LogP contribution is 2.46. The molecule has 0 spiro atoms. The predicted octanol–water partition coefficient (Wildman–Crippen LogP) is 5.05. The number of carbonyl (C=O) groups excluding carboxylic acids is 1. The molecular formula is C24H26F2N2O2S. The Balaban J connectivity index is 2.24. The van der Waals surface area contributed by atoms with Crippen molar-refractivity contribution in [2.75, 3.05) is 0 Å². The molecule has 1 amide bonds. The third kappa shape index (κ3) is 4.83. The Morgan fingerprint density at radius 3 is 2.35 bits per heavy atom. The van der Waals surface area contributed by atoms with Crippen molar-refractivity contribution in [2.45, 2.75) is 45.6 Å². The number of halogens is 2. The van der Waals surface area contributed by atoms with Gasteiger partial charge in [-0.3, -0.25) is 4.79 Å². The molecule has 0 saturated heterocycles. The quantitative estimate of drug-likeness (QED) is 0.559. The van der Waals surface area contributed by atoms with Gasteiger partial charge in [-0.05, 0) is 36.1 Å². The first-order valence-electron chi connectivity index (χ1n) is 9.92. The van der Waals surface area contributed by atoms with Gasteiger partial charge in [-0.1, -0.05) is 51.1 Å². The molecule has 0 fully saturated rings. The SMILES string of the molecule is CC(C)(C)[C@H](c1nc(-c2cc(F)ccc2F)sc1Cc1ccccc1)C(C)(O)C(N)=O. The summed E-state index contributed by atoms with van der Waals surface area (Å²) in [6, 6.07) is 12.8. The molecule has 3 aromatic rings. The minimum Gasteiger partial charge on any atom is -0.380 e. The minimum absolute atomic E-state index is 0.0388. The third-order valence-electron chi connectivity index (χ3n) is 5.29. The number of thiazole rings is 1. The molecule has 3 N–H and O–H groups in total. The fourth-order valence-electron chi connectivity index (χ4n) is 3.94. The Kier molecular flexibility index (Phi) is 6.30. The van der Waals surface area contributed by atoms with Gasteiger partial charge in [-0.15, -0.1) is 11.3 Å². The van der Waals surface area contributed by atoms with Crippen molar-refractivity contribution >= 4 is 17.2 Å². The number of aliphatic hydroxyl groups is 1. The van der Waals surface area contributed by atoms with Crippen LogP contribution >= 0.6 is 11.3 Å². The zero-order valence-electron chi connectivity index (χ0n) is 17.9. The predicted molar refractivity (Wildman–Crippen MR) is 119 cm³/mol. The van der Waals surface area contributed by atoms with E-state index in [1.165, 1.54) is 18.3 Å². The molecule has 0 aliphatic heterocycles. The van der Waals surface area contributed by atoms with Gasteiger partial charge in [0.1, 0.15) is 22.2 Å². The van der Waals surface area contributed by atoms with Crippen molar-refractivity contribution in [2.24, 2.45) is 11.1 Å². The number of nitrogens with two attached hydrogens (primary N) is 1. The van der Waals surface area contributed by atoms with Crippen molar-refractivity contribution in [3.05, 3.63) is 76.3 Å². The van der Waals surface area contributed by atoms with E-state index in [4.69, 9.17) is 5.73 Å². The first kappa shape index (κ1) is 23.0. The molecule has 0 bridgehead atoms. The van der Waals surface area contributed by atoms with E-state index in [0.717, 1.165) is 28.6 Å². The minimum atomic E-state index is -1.89. The lowest BCUT2D eigenvalue weighted by molar-refractivity contribution is -0.140. The van der Waals surface area contributed by atoms with Crippen LogP contribution in [0.15, 0.2) is 48.5 Å². The third-order valence-corrected chi connectivity index (χ3v) is 6.40. The standard InChI is InChI=1S/C24H26F2N2O2S/c1-23(2,3)20(24(4,30)22(27)29)19-18(12-14-8-6-5-7-9-14)31-21(28-19)16-13-15(25)10-11-17(16)26/h5-11,13,20,30H,12H2,1-4H3,(H2,27,29)/t20-,24?/m0/s1. The maximum atomic E-state index is 14.5. The van der Waals surface area contributed by atoms with Crippen LogP contribution in [-0.4, -0.2) is 21.6 Å². The largest absolute Gasteiger partial charge is 0.380 e. The first-order valence-corrected chi connectivity index (χ1v) is 10.7. The van der Waals surface area contributed by atoms with E-state index in [9.17, 15) is 18.7 Å². The lowest BCUT2D eigenvalue weighted by Gasteiger charge is -2.39. The Hall–Kier alpha value is -2.64. The second-order valence-corrected chi connectivity index (χ2v) is 10.0. The van der Waals surface area contributed by atoms with Gasteiger partial charge in [0.05, 0.1) is 5.69 Å². The molecule has 0 saturated carbocycles. The molecule has 1 unspecified atom stereocenters. The van der Waals surface area contributed by atoms with E-state index in [1.54, 1.807) is 0 Å². The van der Waals surface area contributed by atoms with Crippen LogP contribution < -0.4 is 5.73 Å². The molecule has 0 radical (unpaired) electrons. The van der Waals surface area contributed by atoms with Crippen molar-refractivity contribution in [3.8, 4) is 10.6 Å². The highest BCUT2D eigenvalue weighted by atomic mass is 32.1. The van der Waals surface area contributed by atoms with E-state index < -0.39 is 34.5 Å². The number of hydrogen-bond acceptors (Lipinski definition) is 4. The number of carbonyl (C=O) groups is 1. The number of primary amides is 1. The van der Waals surface area contributed by atoms with Crippen LogP contribution in [0.5, 0.6) is 0 Å². The Bertz CT molecular complexity index is 1090. The molecule has 0 aliphatic rings. The molecule has 3 rings (SSSR count). The monoisotopic (exact) mass is 444 g/mol. The molecule has 2 aromatic carbocycles. The molecule has 164 valence electrons. The normalized spacial score (nSPS) is 14.8. The van der Waals surface area contributed by atoms with Crippen molar-refractivity contribution in [1.29, 1.82) is 0 Å². The van der Waals surface area contributed by atoms with Crippen LogP contribution in [0.4, 0.5) is 8.78 Å². The Morgan fingerprint density at radius 1 is 1.13 bits per heavy atom. The van der Waals surface area contributed by atoms with E-state index >= 15 is 0 Å². The number of aromatic nitrogens is 1. The topological polar surface area (TPSA) is 76.2 Å². The van der Waals surface area contributed by atoms with Gasteiger partial charge >= 0.3 is 0 Å². The fraction of sp³-hybridized carbons (Fsp3) is 0.333. The summed E-state index contributed by atoms with van der Waals surface area (Å²) in [5.74, 6) is -2.81. The summed E-state index contributed by atoms with van der Waals surface area (Å²) in [4.78, 5) is 17.6. The zero-order chi connectivity index (χ0) is 23.0. The number of hydrogen-bond donors (Lipinski definition) is 2. The lowest BCUT2D eigenvalue weighted by atomic mass is 9.68. The molecule has 1 heterocycles. The van der Waals surface area contributed by atoms with Gasteiger partial charge in [0.2, 0.25) is 5.91 Å². The lowest BCUT2D eigenvalue weighted by Crippen LogP contribution is -2.50. The van der Waals surface area contributed by atoms with Gasteiger partial charge in [0.25, 0.3) is 0 Å². The van der Waals surface area contributed by atoms with Gasteiger partial charge in [0.15, 0.2) is 0 Å². The van der Waals surface area contributed by atoms with Crippen LogP contribution in [0.1, 0.15) is 49.7 Å². The maximum absolute atomic E-state index is 14.5. The first-order chi connectivity index (χ1) is 14.4. The van der Waals surface area contributed by atoms with Crippen LogP contribution in [0, 0.1) is 17.0 Å². The second-order valence-electron chi connectivity index (χ2n) is 8.92. The molecule has 1 aromatic heterocycles.